The molecule has 6 rings (SSSR count). The first-order valence-electron chi connectivity index (χ1n) is 13.0. The molecule has 0 spiro atoms. The number of nitrogens with zero attached hydrogens (tertiary/aromatic N) is 4. The topological polar surface area (TPSA) is 70.0 Å². The Hall–Kier alpha value is -2.41. The molecule has 4 aliphatic rings. The number of nitrogens with one attached hydrogen (secondary N) is 1. The maximum absolute atomic E-state index is 12.4. The molecule has 2 aromatic heterocycles. The summed E-state index contributed by atoms with van der Waals surface area (Å²) in [4.78, 5) is 28.4. The van der Waals surface area contributed by atoms with Gasteiger partial charge in [-0.15, -0.1) is 0 Å². The molecule has 1 N–H and O–H groups in total. The summed E-state index contributed by atoms with van der Waals surface area (Å²) in [6.45, 7) is 1.74. The van der Waals surface area contributed by atoms with Crippen molar-refractivity contribution in [3.8, 4) is 0 Å². The van der Waals surface area contributed by atoms with E-state index in [2.05, 4.69) is 27.4 Å². The minimum Gasteiger partial charge on any atom is -0.297 e. The number of hydrogen-bond acceptors (Lipinski definition) is 4. The molecule has 33 heavy (non-hydrogen) atoms. The van der Waals surface area contributed by atoms with Gasteiger partial charge in [0.25, 0.3) is 0 Å². The van der Waals surface area contributed by atoms with Crippen LogP contribution in [-0.2, 0) is 11.2 Å². The number of imide groups is 1. The molecule has 0 radical (unpaired) electrons. The molecule has 1 aliphatic carbocycles. The van der Waals surface area contributed by atoms with Crippen LogP contribution < -0.4 is 10.2 Å². The zero-order valence-electron chi connectivity index (χ0n) is 19.4. The van der Waals surface area contributed by atoms with Crippen LogP contribution in [0.4, 0.5) is 10.5 Å². The highest BCUT2D eigenvalue weighted by atomic mass is 16.2. The number of carbonyl (C=O) groups is 2. The average molecular weight is 450 g/mol. The zero-order chi connectivity index (χ0) is 22.4. The lowest BCUT2D eigenvalue weighted by atomic mass is 9.83. The summed E-state index contributed by atoms with van der Waals surface area (Å²) in [6.07, 6.45) is 17.7. The lowest BCUT2D eigenvalue weighted by Crippen LogP contribution is -2.49. The number of aromatic nitrogens is 2. The van der Waals surface area contributed by atoms with Crippen molar-refractivity contribution in [3.05, 3.63) is 30.1 Å². The zero-order valence-corrected chi connectivity index (χ0v) is 19.4. The van der Waals surface area contributed by atoms with Crippen LogP contribution in [0.5, 0.6) is 0 Å². The maximum atomic E-state index is 12.4. The molecule has 1 saturated carbocycles. The number of anilines is 1. The standard InChI is InChI=1S/C26H35N5O2/c32-25-9-10-29(26(33)28-25)24-16-27-31-11-8-19(15-23(24)31)12-20-13-21-6-7-22(14-20)30(21)17-18-4-2-1-3-5-18/h8,11,15-16,18,20-22H,1-7,9-10,12-14,17H2,(H,28,32,33)/t20?,21-,22+. The second-order valence-electron chi connectivity index (χ2n) is 10.8. The molecule has 3 saturated heterocycles. The minimum absolute atomic E-state index is 0.210. The van der Waals surface area contributed by atoms with Gasteiger partial charge in [-0.1, -0.05) is 19.3 Å². The van der Waals surface area contributed by atoms with E-state index < -0.39 is 0 Å². The Balaban J connectivity index is 1.14. The summed E-state index contributed by atoms with van der Waals surface area (Å²) < 4.78 is 1.83. The van der Waals surface area contributed by atoms with Crippen LogP contribution in [0.15, 0.2) is 24.5 Å². The molecule has 3 atom stereocenters. The van der Waals surface area contributed by atoms with Crippen LogP contribution in [0.1, 0.15) is 69.8 Å². The number of fused-ring (bicyclic) bond motifs is 3. The largest absolute Gasteiger partial charge is 0.328 e. The molecule has 2 aromatic rings. The van der Waals surface area contributed by atoms with Crippen molar-refractivity contribution in [1.29, 1.82) is 0 Å². The maximum Gasteiger partial charge on any atom is 0.328 e. The Labute approximate surface area is 195 Å². The molecule has 5 heterocycles. The van der Waals surface area contributed by atoms with Gasteiger partial charge in [0, 0.05) is 37.8 Å². The second kappa shape index (κ2) is 8.75. The summed E-state index contributed by atoms with van der Waals surface area (Å²) in [5, 5.41) is 6.86. The van der Waals surface area contributed by atoms with E-state index in [-0.39, 0.29) is 11.9 Å². The van der Waals surface area contributed by atoms with Crippen molar-refractivity contribution in [2.75, 3.05) is 18.0 Å². The van der Waals surface area contributed by atoms with Crippen molar-refractivity contribution in [2.24, 2.45) is 11.8 Å². The molecule has 4 fully saturated rings. The van der Waals surface area contributed by atoms with E-state index in [0.717, 1.165) is 41.5 Å². The predicted molar refractivity (Wildman–Crippen MR) is 127 cm³/mol. The Bertz CT molecular complexity index is 1030. The highest BCUT2D eigenvalue weighted by Crippen LogP contribution is 2.41. The van der Waals surface area contributed by atoms with Gasteiger partial charge in [-0.3, -0.25) is 19.9 Å². The number of hydrogen-bond donors (Lipinski definition) is 1. The first-order chi connectivity index (χ1) is 16.1. The normalized spacial score (nSPS) is 29.1. The van der Waals surface area contributed by atoms with Gasteiger partial charge in [0.2, 0.25) is 5.91 Å². The molecule has 0 aromatic carbocycles. The Morgan fingerprint density at radius 1 is 1.00 bits per heavy atom. The lowest BCUT2D eigenvalue weighted by molar-refractivity contribution is -0.120. The van der Waals surface area contributed by atoms with Crippen LogP contribution >= 0.6 is 0 Å². The Kier molecular flexibility index (Phi) is 5.60. The van der Waals surface area contributed by atoms with Gasteiger partial charge in [-0.05, 0) is 74.5 Å². The minimum atomic E-state index is -0.353. The summed E-state index contributed by atoms with van der Waals surface area (Å²) >= 11 is 0. The van der Waals surface area contributed by atoms with E-state index in [1.807, 2.05) is 10.7 Å². The molecule has 3 aliphatic heterocycles. The Morgan fingerprint density at radius 2 is 1.79 bits per heavy atom. The van der Waals surface area contributed by atoms with Gasteiger partial charge >= 0.3 is 6.03 Å². The third kappa shape index (κ3) is 4.16. The highest BCUT2D eigenvalue weighted by Gasteiger charge is 2.41. The quantitative estimate of drug-likeness (QED) is 0.745. The fourth-order valence-electron chi connectivity index (χ4n) is 6.99. The van der Waals surface area contributed by atoms with Crippen LogP contribution in [0.2, 0.25) is 0 Å². The van der Waals surface area contributed by atoms with E-state index >= 15 is 0 Å². The van der Waals surface area contributed by atoms with Crippen molar-refractivity contribution >= 4 is 23.1 Å². The first-order valence-corrected chi connectivity index (χ1v) is 13.0. The number of urea groups is 1. The first kappa shape index (κ1) is 21.1. The summed E-state index contributed by atoms with van der Waals surface area (Å²) in [7, 11) is 0. The summed E-state index contributed by atoms with van der Waals surface area (Å²) in [5.74, 6) is 1.45. The summed E-state index contributed by atoms with van der Waals surface area (Å²) in [5.41, 5.74) is 3.04. The van der Waals surface area contributed by atoms with E-state index in [1.54, 1.807) is 11.1 Å². The smallest absolute Gasteiger partial charge is 0.297 e. The molecule has 7 nitrogen and oxygen atoms in total. The number of pyridine rings is 1. The third-order valence-corrected chi connectivity index (χ3v) is 8.61. The van der Waals surface area contributed by atoms with Crippen molar-refractivity contribution in [2.45, 2.75) is 82.7 Å². The van der Waals surface area contributed by atoms with Gasteiger partial charge < -0.3 is 0 Å². The van der Waals surface area contributed by atoms with Crippen molar-refractivity contribution in [1.82, 2.24) is 19.8 Å². The van der Waals surface area contributed by atoms with Crippen LogP contribution in [-0.4, -0.2) is 51.6 Å². The second-order valence-corrected chi connectivity index (χ2v) is 10.8. The van der Waals surface area contributed by atoms with E-state index in [1.165, 1.54) is 69.9 Å². The van der Waals surface area contributed by atoms with E-state index in [0.29, 0.717) is 13.0 Å². The van der Waals surface area contributed by atoms with Gasteiger partial charge in [0.05, 0.1) is 17.4 Å². The molecule has 2 bridgehead atoms. The van der Waals surface area contributed by atoms with Crippen LogP contribution in [0.3, 0.4) is 0 Å². The lowest BCUT2D eigenvalue weighted by Gasteiger charge is -2.41. The highest BCUT2D eigenvalue weighted by molar-refractivity contribution is 6.07. The Morgan fingerprint density at radius 3 is 2.55 bits per heavy atom. The van der Waals surface area contributed by atoms with Gasteiger partial charge in [-0.25, -0.2) is 9.31 Å². The third-order valence-electron chi connectivity index (χ3n) is 8.61. The van der Waals surface area contributed by atoms with E-state index in [9.17, 15) is 9.59 Å². The van der Waals surface area contributed by atoms with Crippen molar-refractivity contribution in [3.63, 3.8) is 0 Å². The molecule has 3 amide bonds. The fraction of sp³-hybridized carbons (Fsp3) is 0.654. The SMILES string of the molecule is O=C1CCN(c2cnn3ccc(CC4C[C@H]5CC[C@@H](C4)N5CC4CCCCC4)cc23)C(=O)N1. The monoisotopic (exact) mass is 449 g/mol. The van der Waals surface area contributed by atoms with Crippen LogP contribution in [0.25, 0.3) is 5.52 Å². The number of piperidine rings is 1. The molecular formula is C26H35N5O2. The molecule has 1 unspecified atom stereocenters. The molecular weight excluding hydrogens is 414 g/mol. The molecule has 7 heteroatoms. The van der Waals surface area contributed by atoms with E-state index in [4.69, 9.17) is 0 Å². The number of carbonyl (C=O) groups excluding carboxylic acids is 2. The van der Waals surface area contributed by atoms with Gasteiger partial charge in [-0.2, -0.15) is 5.10 Å². The number of amides is 3. The number of rotatable bonds is 5. The van der Waals surface area contributed by atoms with Gasteiger partial charge in [0.15, 0.2) is 0 Å². The fourth-order valence-corrected chi connectivity index (χ4v) is 6.99. The van der Waals surface area contributed by atoms with Crippen molar-refractivity contribution < 1.29 is 9.59 Å². The molecule has 176 valence electrons. The summed E-state index contributed by atoms with van der Waals surface area (Å²) in [6, 6.07) is 5.58. The van der Waals surface area contributed by atoms with Crippen LogP contribution in [0, 0.1) is 11.8 Å². The van der Waals surface area contributed by atoms with Gasteiger partial charge in [0.1, 0.15) is 0 Å². The predicted octanol–water partition coefficient (Wildman–Crippen LogP) is 4.15. The average Bonchev–Trinajstić information content (AvgIpc) is 3.31.